The van der Waals surface area contributed by atoms with Gasteiger partial charge >= 0.3 is 0 Å². The van der Waals surface area contributed by atoms with Gasteiger partial charge < -0.3 is 9.47 Å². The average Bonchev–Trinajstić information content (AvgIpc) is 3.02. The molecular formula is C38H64N2O2. The molecule has 2 heterocycles. The molecule has 0 aromatic carbocycles. The van der Waals surface area contributed by atoms with Crippen LogP contribution in [0.15, 0.2) is 36.7 Å². The minimum absolute atomic E-state index is 0.760. The number of unbranched alkanes of at least 4 members (excludes halogenated alkanes) is 22. The first-order valence-electron chi connectivity index (χ1n) is 18.0. The molecule has 0 bridgehead atoms. The Morgan fingerprint density at radius 1 is 0.405 bits per heavy atom. The molecule has 0 fully saturated rings. The van der Waals surface area contributed by atoms with Crippen molar-refractivity contribution in [3.63, 3.8) is 0 Å². The topological polar surface area (TPSA) is 44.2 Å². The summed E-state index contributed by atoms with van der Waals surface area (Å²) in [7, 11) is 0. The van der Waals surface area contributed by atoms with Gasteiger partial charge in [-0.25, -0.2) is 0 Å². The fraction of sp³-hybridized carbons (Fsp3) is 0.737. The van der Waals surface area contributed by atoms with Crippen molar-refractivity contribution in [2.75, 3.05) is 13.2 Å². The minimum Gasteiger partial charge on any atom is -0.493 e. The first-order chi connectivity index (χ1) is 20.8. The third kappa shape index (κ3) is 19.2. The van der Waals surface area contributed by atoms with Crippen molar-refractivity contribution in [1.29, 1.82) is 0 Å². The van der Waals surface area contributed by atoms with Crippen molar-refractivity contribution in [2.45, 2.75) is 168 Å². The number of ether oxygens (including phenoxy) is 2. The number of nitrogens with zero attached hydrogens (tertiary/aromatic N) is 2. The van der Waals surface area contributed by atoms with Crippen molar-refractivity contribution >= 4 is 0 Å². The number of pyridine rings is 2. The van der Waals surface area contributed by atoms with Gasteiger partial charge in [0.05, 0.1) is 24.6 Å². The van der Waals surface area contributed by atoms with Gasteiger partial charge in [-0.1, -0.05) is 155 Å². The zero-order chi connectivity index (χ0) is 29.8. The van der Waals surface area contributed by atoms with Gasteiger partial charge in [-0.2, -0.15) is 0 Å². The summed E-state index contributed by atoms with van der Waals surface area (Å²) in [5.41, 5.74) is 1.66. The summed E-state index contributed by atoms with van der Waals surface area (Å²) in [6, 6.07) is 7.88. The highest BCUT2D eigenvalue weighted by molar-refractivity contribution is 5.57. The molecule has 0 unspecified atom stereocenters. The van der Waals surface area contributed by atoms with Crippen LogP contribution in [0.4, 0.5) is 0 Å². The summed E-state index contributed by atoms with van der Waals surface area (Å²) in [5, 5.41) is 0. The van der Waals surface area contributed by atoms with E-state index < -0.39 is 0 Å². The lowest BCUT2D eigenvalue weighted by molar-refractivity contribution is 0.303. The molecule has 0 atom stereocenters. The van der Waals surface area contributed by atoms with E-state index in [-0.39, 0.29) is 0 Å². The monoisotopic (exact) mass is 580 g/mol. The standard InChI is InChI=1S/C38H64N2O2/c1-3-5-7-9-11-13-15-17-19-21-23-25-31-41-35-27-29-39-37(33-35)38-34-36(28-30-40-38)42-32-26-24-22-20-18-16-14-12-10-8-6-4-2/h27-30,33-34H,3-26,31-32H2,1-2H3. The van der Waals surface area contributed by atoms with E-state index in [0.717, 1.165) is 48.9 Å². The Labute approximate surface area is 259 Å². The molecule has 2 rings (SSSR count). The van der Waals surface area contributed by atoms with Crippen molar-refractivity contribution < 1.29 is 9.47 Å². The van der Waals surface area contributed by atoms with Gasteiger partial charge in [-0.05, 0) is 25.0 Å². The second-order valence-corrected chi connectivity index (χ2v) is 12.2. The zero-order valence-electron chi connectivity index (χ0n) is 27.6. The summed E-state index contributed by atoms with van der Waals surface area (Å²) in [6.45, 7) is 6.09. The van der Waals surface area contributed by atoms with Crippen LogP contribution in [0.25, 0.3) is 11.4 Å². The van der Waals surface area contributed by atoms with Gasteiger partial charge in [0.1, 0.15) is 11.5 Å². The predicted molar refractivity (Wildman–Crippen MR) is 181 cm³/mol. The summed E-state index contributed by atoms with van der Waals surface area (Å²) >= 11 is 0. The van der Waals surface area contributed by atoms with E-state index in [1.165, 1.54) is 141 Å². The van der Waals surface area contributed by atoms with E-state index in [0.29, 0.717) is 0 Å². The molecule has 0 aliphatic heterocycles. The first-order valence-corrected chi connectivity index (χ1v) is 18.0. The predicted octanol–water partition coefficient (Wildman–Crippen LogP) is 12.3. The Morgan fingerprint density at radius 3 is 1.00 bits per heavy atom. The van der Waals surface area contributed by atoms with Gasteiger partial charge in [-0.3, -0.25) is 9.97 Å². The maximum absolute atomic E-state index is 6.04. The Morgan fingerprint density at radius 2 is 0.690 bits per heavy atom. The van der Waals surface area contributed by atoms with Crippen LogP contribution < -0.4 is 9.47 Å². The fourth-order valence-corrected chi connectivity index (χ4v) is 5.55. The average molecular weight is 581 g/mol. The molecule has 0 radical (unpaired) electrons. The third-order valence-electron chi connectivity index (χ3n) is 8.26. The first kappa shape index (κ1) is 36.1. The largest absolute Gasteiger partial charge is 0.493 e. The molecule has 0 saturated carbocycles. The quantitative estimate of drug-likeness (QED) is 0.0898. The number of aromatic nitrogens is 2. The van der Waals surface area contributed by atoms with Gasteiger partial charge in [-0.15, -0.1) is 0 Å². The smallest absolute Gasteiger partial charge is 0.123 e. The lowest BCUT2D eigenvalue weighted by Gasteiger charge is -2.09. The molecular weight excluding hydrogens is 516 g/mol. The molecule has 4 nitrogen and oxygen atoms in total. The van der Waals surface area contributed by atoms with Crippen LogP contribution in [0, 0.1) is 0 Å². The minimum atomic E-state index is 0.760. The molecule has 0 N–H and O–H groups in total. The normalized spacial score (nSPS) is 11.2. The second-order valence-electron chi connectivity index (χ2n) is 12.2. The summed E-state index contributed by atoms with van der Waals surface area (Å²) in [5.74, 6) is 1.74. The maximum atomic E-state index is 6.04. The molecule has 42 heavy (non-hydrogen) atoms. The second kappa shape index (κ2) is 26.5. The van der Waals surface area contributed by atoms with Crippen molar-refractivity contribution in [2.24, 2.45) is 0 Å². The Bertz CT molecular complexity index is 800. The molecule has 238 valence electrons. The summed E-state index contributed by atoms with van der Waals surface area (Å²) < 4.78 is 12.1. The van der Waals surface area contributed by atoms with Gasteiger partial charge in [0.25, 0.3) is 0 Å². The Balaban J connectivity index is 1.52. The van der Waals surface area contributed by atoms with E-state index in [1.54, 1.807) is 0 Å². The van der Waals surface area contributed by atoms with Crippen LogP contribution in [0.5, 0.6) is 11.5 Å². The molecule has 2 aromatic rings. The van der Waals surface area contributed by atoms with Crippen LogP contribution in [-0.4, -0.2) is 23.2 Å². The van der Waals surface area contributed by atoms with Gasteiger partial charge in [0.15, 0.2) is 0 Å². The maximum Gasteiger partial charge on any atom is 0.123 e. The Hall–Kier alpha value is -2.10. The van der Waals surface area contributed by atoms with E-state index in [1.807, 2.05) is 36.7 Å². The van der Waals surface area contributed by atoms with E-state index in [2.05, 4.69) is 23.8 Å². The molecule has 0 aliphatic rings. The lowest BCUT2D eigenvalue weighted by atomic mass is 10.1. The molecule has 2 aromatic heterocycles. The van der Waals surface area contributed by atoms with Gasteiger partial charge in [0.2, 0.25) is 0 Å². The number of hydrogen-bond acceptors (Lipinski definition) is 4. The molecule has 0 saturated heterocycles. The fourth-order valence-electron chi connectivity index (χ4n) is 5.55. The third-order valence-corrected chi connectivity index (χ3v) is 8.26. The number of hydrogen-bond donors (Lipinski definition) is 0. The van der Waals surface area contributed by atoms with Crippen LogP contribution in [0.2, 0.25) is 0 Å². The summed E-state index contributed by atoms with van der Waals surface area (Å²) in [4.78, 5) is 9.07. The highest BCUT2D eigenvalue weighted by atomic mass is 16.5. The summed E-state index contributed by atoms with van der Waals surface area (Å²) in [6.07, 6.45) is 36.1. The highest BCUT2D eigenvalue weighted by Crippen LogP contribution is 2.24. The molecule has 4 heteroatoms. The molecule has 0 amide bonds. The van der Waals surface area contributed by atoms with Crippen LogP contribution in [0.3, 0.4) is 0 Å². The zero-order valence-corrected chi connectivity index (χ0v) is 27.6. The lowest BCUT2D eigenvalue weighted by Crippen LogP contribution is -1.99. The Kier molecular flexibility index (Phi) is 22.8. The van der Waals surface area contributed by atoms with Crippen LogP contribution in [-0.2, 0) is 0 Å². The van der Waals surface area contributed by atoms with Crippen LogP contribution >= 0.6 is 0 Å². The number of rotatable bonds is 29. The van der Waals surface area contributed by atoms with E-state index in [9.17, 15) is 0 Å². The van der Waals surface area contributed by atoms with E-state index >= 15 is 0 Å². The van der Waals surface area contributed by atoms with Gasteiger partial charge in [0, 0.05) is 24.5 Å². The molecule has 0 aliphatic carbocycles. The highest BCUT2D eigenvalue weighted by Gasteiger charge is 2.06. The van der Waals surface area contributed by atoms with Crippen molar-refractivity contribution in [3.8, 4) is 22.9 Å². The van der Waals surface area contributed by atoms with Crippen molar-refractivity contribution in [3.05, 3.63) is 36.7 Å². The van der Waals surface area contributed by atoms with E-state index in [4.69, 9.17) is 9.47 Å². The van der Waals surface area contributed by atoms with Crippen molar-refractivity contribution in [1.82, 2.24) is 9.97 Å². The SMILES string of the molecule is CCCCCCCCCCCCCCOc1ccnc(-c2cc(OCCCCCCCCCCCCCC)ccn2)c1. The molecule has 0 spiro atoms. The van der Waals surface area contributed by atoms with Crippen LogP contribution in [0.1, 0.15) is 168 Å².